The van der Waals surface area contributed by atoms with Gasteiger partial charge in [0.1, 0.15) is 5.02 Å². The van der Waals surface area contributed by atoms with Gasteiger partial charge >= 0.3 is 0 Å². The van der Waals surface area contributed by atoms with Gasteiger partial charge < -0.3 is 10.6 Å². The zero-order valence-corrected chi connectivity index (χ0v) is 11.9. The van der Waals surface area contributed by atoms with Crippen LogP contribution in [-0.4, -0.2) is 23.9 Å². The third-order valence-electron chi connectivity index (χ3n) is 3.55. The number of nitrogens with one attached hydrogen (secondary N) is 2. The van der Waals surface area contributed by atoms with Gasteiger partial charge in [0.15, 0.2) is 0 Å². The molecule has 2 rings (SSSR count). The summed E-state index contributed by atoms with van der Waals surface area (Å²) in [5, 5.41) is 16.7. The van der Waals surface area contributed by atoms with E-state index in [0.717, 1.165) is 19.4 Å². The van der Waals surface area contributed by atoms with Crippen LogP contribution in [0, 0.1) is 15.5 Å². The first-order valence-electron chi connectivity index (χ1n) is 6.38. The predicted molar refractivity (Wildman–Crippen MR) is 76.9 cm³/mol. The molecule has 1 aliphatic heterocycles. The lowest BCUT2D eigenvalue weighted by Gasteiger charge is -2.32. The molecule has 1 fully saturated rings. The number of benzene rings is 1. The van der Waals surface area contributed by atoms with Crippen molar-refractivity contribution >= 4 is 28.9 Å². The number of piperidine rings is 1. The molecular formula is C13H16ClN3O3. The SMILES string of the molecule is CC1(C(=O)Nc2ccc([N+](=O)[O-])c(Cl)c2)CCCNC1. The van der Waals surface area contributed by atoms with Gasteiger partial charge in [-0.1, -0.05) is 11.6 Å². The number of amides is 1. The molecule has 0 saturated carbocycles. The number of hydrogen-bond acceptors (Lipinski definition) is 4. The van der Waals surface area contributed by atoms with Gasteiger partial charge in [-0.05, 0) is 38.4 Å². The lowest BCUT2D eigenvalue weighted by Crippen LogP contribution is -2.46. The second kappa shape index (κ2) is 5.76. The minimum absolute atomic E-state index is 0.0136. The van der Waals surface area contributed by atoms with E-state index in [1.165, 1.54) is 18.2 Å². The second-order valence-electron chi connectivity index (χ2n) is 5.22. The number of nitro benzene ring substituents is 1. The van der Waals surface area contributed by atoms with E-state index in [1.54, 1.807) is 0 Å². The van der Waals surface area contributed by atoms with E-state index >= 15 is 0 Å². The molecule has 20 heavy (non-hydrogen) atoms. The Morgan fingerprint density at radius 1 is 1.55 bits per heavy atom. The highest BCUT2D eigenvalue weighted by Crippen LogP contribution is 2.30. The molecule has 2 N–H and O–H groups in total. The minimum Gasteiger partial charge on any atom is -0.326 e. The Labute approximate surface area is 121 Å². The summed E-state index contributed by atoms with van der Waals surface area (Å²) in [6.45, 7) is 3.45. The van der Waals surface area contributed by atoms with Crippen LogP contribution in [0.5, 0.6) is 0 Å². The molecule has 0 radical (unpaired) electrons. The normalized spacial score (nSPS) is 22.3. The fourth-order valence-electron chi connectivity index (χ4n) is 2.26. The summed E-state index contributed by atoms with van der Waals surface area (Å²) in [5.74, 6) is -0.102. The second-order valence-corrected chi connectivity index (χ2v) is 5.63. The molecule has 1 aromatic rings. The van der Waals surface area contributed by atoms with Crippen molar-refractivity contribution in [3.63, 3.8) is 0 Å². The van der Waals surface area contributed by atoms with E-state index in [1.807, 2.05) is 6.92 Å². The minimum atomic E-state index is -0.555. The summed E-state index contributed by atoms with van der Waals surface area (Å²) >= 11 is 5.82. The molecule has 1 saturated heterocycles. The Bertz CT molecular complexity index is 542. The number of carbonyl (C=O) groups excluding carboxylic acids is 1. The Morgan fingerprint density at radius 2 is 2.30 bits per heavy atom. The van der Waals surface area contributed by atoms with Crippen molar-refractivity contribution in [2.45, 2.75) is 19.8 Å². The number of rotatable bonds is 3. The van der Waals surface area contributed by atoms with Crippen LogP contribution in [0.2, 0.25) is 5.02 Å². The van der Waals surface area contributed by atoms with Gasteiger partial charge in [-0.15, -0.1) is 0 Å². The number of halogens is 1. The zero-order chi connectivity index (χ0) is 14.8. The first-order valence-corrected chi connectivity index (χ1v) is 6.76. The maximum Gasteiger partial charge on any atom is 0.288 e. The molecule has 1 aromatic carbocycles. The third-order valence-corrected chi connectivity index (χ3v) is 3.85. The van der Waals surface area contributed by atoms with Crippen LogP contribution < -0.4 is 10.6 Å². The standard InChI is InChI=1S/C13H16ClN3O3/c1-13(5-2-6-15-8-13)12(18)16-9-3-4-11(17(19)20)10(14)7-9/h3-4,7,15H,2,5-6,8H2,1H3,(H,16,18). The van der Waals surface area contributed by atoms with Crippen molar-refractivity contribution in [2.24, 2.45) is 5.41 Å². The molecule has 1 aliphatic rings. The quantitative estimate of drug-likeness (QED) is 0.663. The van der Waals surface area contributed by atoms with E-state index in [2.05, 4.69) is 10.6 Å². The molecule has 0 bridgehead atoms. The van der Waals surface area contributed by atoms with Crippen LogP contribution in [0.25, 0.3) is 0 Å². The van der Waals surface area contributed by atoms with E-state index < -0.39 is 10.3 Å². The van der Waals surface area contributed by atoms with Crippen LogP contribution in [0.1, 0.15) is 19.8 Å². The Hall–Kier alpha value is -1.66. The average Bonchev–Trinajstić information content (AvgIpc) is 2.39. The number of nitro groups is 1. The highest BCUT2D eigenvalue weighted by molar-refractivity contribution is 6.33. The Kier molecular flexibility index (Phi) is 4.25. The van der Waals surface area contributed by atoms with Crippen LogP contribution >= 0.6 is 11.6 Å². The van der Waals surface area contributed by atoms with Crippen LogP contribution in [0.4, 0.5) is 11.4 Å². The van der Waals surface area contributed by atoms with E-state index in [4.69, 9.17) is 11.6 Å². The van der Waals surface area contributed by atoms with Gasteiger partial charge in [-0.25, -0.2) is 0 Å². The van der Waals surface area contributed by atoms with Crippen molar-refractivity contribution in [3.8, 4) is 0 Å². The van der Waals surface area contributed by atoms with E-state index in [0.29, 0.717) is 12.2 Å². The molecular weight excluding hydrogens is 282 g/mol. The summed E-state index contributed by atoms with van der Waals surface area (Å²) in [7, 11) is 0. The maximum absolute atomic E-state index is 12.3. The number of carbonyl (C=O) groups is 1. The fourth-order valence-corrected chi connectivity index (χ4v) is 2.51. The van der Waals surface area contributed by atoms with E-state index in [-0.39, 0.29) is 16.6 Å². The number of nitrogens with zero attached hydrogens (tertiary/aromatic N) is 1. The van der Waals surface area contributed by atoms with Crippen molar-refractivity contribution in [1.29, 1.82) is 0 Å². The monoisotopic (exact) mass is 297 g/mol. The van der Waals surface area contributed by atoms with Crippen LogP contribution in [0.3, 0.4) is 0 Å². The summed E-state index contributed by atoms with van der Waals surface area (Å²) in [6, 6.07) is 4.18. The molecule has 1 atom stereocenters. The van der Waals surface area contributed by atoms with Crippen LogP contribution in [-0.2, 0) is 4.79 Å². The van der Waals surface area contributed by atoms with Gasteiger partial charge in [-0.2, -0.15) is 0 Å². The van der Waals surface area contributed by atoms with E-state index in [9.17, 15) is 14.9 Å². The molecule has 1 amide bonds. The van der Waals surface area contributed by atoms with Gasteiger partial charge in [0.25, 0.3) is 5.69 Å². The summed E-state index contributed by atoms with van der Waals surface area (Å²) in [4.78, 5) is 22.4. The first kappa shape index (κ1) is 14.7. The third kappa shape index (κ3) is 3.08. The van der Waals surface area contributed by atoms with Gasteiger partial charge in [0.2, 0.25) is 5.91 Å². The summed E-state index contributed by atoms with van der Waals surface area (Å²) < 4.78 is 0. The highest BCUT2D eigenvalue weighted by Gasteiger charge is 2.34. The van der Waals surface area contributed by atoms with Crippen molar-refractivity contribution in [2.75, 3.05) is 18.4 Å². The first-order chi connectivity index (χ1) is 9.42. The molecule has 1 heterocycles. The van der Waals surface area contributed by atoms with Gasteiger partial charge in [0.05, 0.1) is 10.3 Å². The number of hydrogen-bond donors (Lipinski definition) is 2. The predicted octanol–water partition coefficient (Wildman–Crippen LogP) is 2.58. The Balaban J connectivity index is 2.12. The van der Waals surface area contributed by atoms with Crippen molar-refractivity contribution < 1.29 is 9.72 Å². The lowest BCUT2D eigenvalue weighted by atomic mass is 9.82. The largest absolute Gasteiger partial charge is 0.326 e. The zero-order valence-electron chi connectivity index (χ0n) is 11.1. The Morgan fingerprint density at radius 3 is 2.85 bits per heavy atom. The molecule has 0 spiro atoms. The van der Waals surface area contributed by atoms with Crippen molar-refractivity contribution in [3.05, 3.63) is 33.3 Å². The molecule has 7 heteroatoms. The smallest absolute Gasteiger partial charge is 0.288 e. The molecule has 6 nitrogen and oxygen atoms in total. The average molecular weight is 298 g/mol. The van der Waals surface area contributed by atoms with Gasteiger partial charge in [0, 0.05) is 18.3 Å². The molecule has 1 unspecified atom stereocenters. The number of anilines is 1. The van der Waals surface area contributed by atoms with Gasteiger partial charge in [-0.3, -0.25) is 14.9 Å². The molecule has 0 aliphatic carbocycles. The van der Waals surface area contributed by atoms with Crippen LogP contribution in [0.15, 0.2) is 18.2 Å². The lowest BCUT2D eigenvalue weighted by molar-refractivity contribution is -0.384. The summed E-state index contributed by atoms with van der Waals surface area (Å²) in [6.07, 6.45) is 1.76. The topological polar surface area (TPSA) is 84.3 Å². The molecule has 108 valence electrons. The molecule has 0 aromatic heterocycles. The maximum atomic E-state index is 12.3. The summed E-state index contributed by atoms with van der Waals surface area (Å²) in [5.41, 5.74) is -0.167. The highest BCUT2D eigenvalue weighted by atomic mass is 35.5. The fraction of sp³-hybridized carbons (Fsp3) is 0.462. The van der Waals surface area contributed by atoms with Crippen molar-refractivity contribution in [1.82, 2.24) is 5.32 Å².